The monoisotopic (exact) mass is 468 g/mol. The molecule has 0 bridgehead atoms. The van der Waals surface area contributed by atoms with Crippen molar-refractivity contribution < 1.29 is 4.79 Å². The van der Waals surface area contributed by atoms with Crippen LogP contribution in [-0.4, -0.2) is 32.1 Å². The van der Waals surface area contributed by atoms with Gasteiger partial charge >= 0.3 is 0 Å². The molecule has 1 amide bonds. The van der Waals surface area contributed by atoms with Gasteiger partial charge in [0.05, 0.1) is 10.6 Å². The van der Waals surface area contributed by atoms with E-state index < -0.39 is 0 Å². The second-order valence-electron chi connectivity index (χ2n) is 8.48. The van der Waals surface area contributed by atoms with Gasteiger partial charge in [-0.05, 0) is 80.4 Å². The molecule has 1 N–H and O–H groups in total. The molecule has 1 aliphatic heterocycles. The molecule has 34 heavy (non-hydrogen) atoms. The first kappa shape index (κ1) is 22.3. The van der Waals surface area contributed by atoms with Crippen LogP contribution in [0.15, 0.2) is 76.8 Å². The summed E-state index contributed by atoms with van der Waals surface area (Å²) < 4.78 is 2.27. The maximum absolute atomic E-state index is 13.5. The molecule has 5 rings (SSSR count). The Morgan fingerprint density at radius 2 is 1.82 bits per heavy atom. The number of thioether (sulfide) groups is 1. The molecule has 0 aliphatic carbocycles. The Morgan fingerprint density at radius 1 is 1.06 bits per heavy atom. The zero-order valence-corrected chi connectivity index (χ0v) is 20.5. The van der Waals surface area contributed by atoms with Gasteiger partial charge in [0.25, 0.3) is 5.91 Å². The maximum atomic E-state index is 13.5. The molecule has 0 radical (unpaired) electrons. The molecule has 172 valence electrons. The van der Waals surface area contributed by atoms with Gasteiger partial charge in [-0.3, -0.25) is 9.69 Å². The number of H-pyrrole nitrogens is 1. The highest BCUT2D eigenvalue weighted by Gasteiger charge is 2.33. The minimum atomic E-state index is 0.0147. The van der Waals surface area contributed by atoms with E-state index in [-0.39, 0.29) is 5.91 Å². The van der Waals surface area contributed by atoms with Crippen molar-refractivity contribution in [1.29, 1.82) is 0 Å². The fourth-order valence-corrected chi connectivity index (χ4v) is 5.59. The minimum absolute atomic E-state index is 0.0147. The standard InChI is InChI=1S/C28H28N4OS/c1-4-31-19(2)16-22(20(31)3)17-26-27(33)32(28(34-26)30-23-10-6-5-7-11-23)15-14-21-18-29-25-13-9-8-12-24(21)25/h5-13,16-18,29H,4,14-15H2,1-3H3/b26-17-,30-28?. The summed E-state index contributed by atoms with van der Waals surface area (Å²) in [4.78, 5) is 24.3. The summed E-state index contributed by atoms with van der Waals surface area (Å²) in [7, 11) is 0. The lowest BCUT2D eigenvalue weighted by Gasteiger charge is -2.15. The van der Waals surface area contributed by atoms with Crippen LogP contribution in [0.1, 0.15) is 29.4 Å². The first-order chi connectivity index (χ1) is 16.5. The van der Waals surface area contributed by atoms with Gasteiger partial charge in [0.2, 0.25) is 0 Å². The van der Waals surface area contributed by atoms with Crippen LogP contribution in [0.4, 0.5) is 5.69 Å². The normalized spacial score (nSPS) is 16.4. The fraction of sp³-hybridized carbons (Fsp3) is 0.214. The molecule has 2 aromatic heterocycles. The number of aryl methyl sites for hydroxylation is 1. The lowest BCUT2D eigenvalue weighted by atomic mass is 10.1. The topological polar surface area (TPSA) is 53.4 Å². The van der Waals surface area contributed by atoms with E-state index in [1.54, 1.807) is 0 Å². The van der Waals surface area contributed by atoms with E-state index >= 15 is 0 Å². The third kappa shape index (κ3) is 4.21. The second kappa shape index (κ2) is 9.39. The van der Waals surface area contributed by atoms with E-state index in [0.29, 0.717) is 11.4 Å². The Morgan fingerprint density at radius 3 is 2.59 bits per heavy atom. The summed E-state index contributed by atoms with van der Waals surface area (Å²) in [6.07, 6.45) is 4.82. The molecule has 0 saturated carbocycles. The quantitative estimate of drug-likeness (QED) is 0.331. The fourth-order valence-electron chi connectivity index (χ4n) is 4.57. The highest BCUT2D eigenvalue weighted by atomic mass is 32.2. The van der Waals surface area contributed by atoms with Crippen LogP contribution in [0, 0.1) is 13.8 Å². The van der Waals surface area contributed by atoms with Crippen molar-refractivity contribution in [2.75, 3.05) is 6.54 Å². The Hall–Kier alpha value is -3.51. The summed E-state index contributed by atoms with van der Waals surface area (Å²) in [6.45, 7) is 7.85. The Labute approximate surface area is 204 Å². The number of benzene rings is 2. The first-order valence-corrected chi connectivity index (χ1v) is 12.4. The average molecular weight is 469 g/mol. The summed E-state index contributed by atoms with van der Waals surface area (Å²) >= 11 is 1.46. The molecule has 6 heteroatoms. The zero-order valence-electron chi connectivity index (χ0n) is 19.7. The van der Waals surface area contributed by atoms with E-state index in [9.17, 15) is 4.79 Å². The van der Waals surface area contributed by atoms with Crippen LogP contribution >= 0.6 is 11.8 Å². The van der Waals surface area contributed by atoms with Gasteiger partial charge < -0.3 is 9.55 Å². The number of amides is 1. The number of para-hydroxylation sites is 2. The summed E-state index contributed by atoms with van der Waals surface area (Å²) in [5.74, 6) is 0.0147. The first-order valence-electron chi connectivity index (χ1n) is 11.6. The van der Waals surface area contributed by atoms with E-state index in [1.165, 1.54) is 34.1 Å². The van der Waals surface area contributed by atoms with Crippen LogP contribution in [-0.2, 0) is 17.8 Å². The average Bonchev–Trinajstić information content (AvgIpc) is 3.47. The highest BCUT2D eigenvalue weighted by Crippen LogP contribution is 2.35. The molecule has 0 unspecified atom stereocenters. The van der Waals surface area contributed by atoms with Gasteiger partial charge in [-0.1, -0.05) is 36.4 Å². The third-order valence-electron chi connectivity index (χ3n) is 6.36. The molecule has 1 fully saturated rings. The molecule has 0 spiro atoms. The lowest BCUT2D eigenvalue weighted by molar-refractivity contribution is -0.122. The number of amidine groups is 1. The Balaban J connectivity index is 1.47. The number of rotatable bonds is 6. The summed E-state index contributed by atoms with van der Waals surface area (Å²) in [5, 5.41) is 1.93. The largest absolute Gasteiger partial charge is 0.361 e. The van der Waals surface area contributed by atoms with Crippen molar-refractivity contribution in [2.45, 2.75) is 33.7 Å². The number of aromatic nitrogens is 2. The predicted octanol–water partition coefficient (Wildman–Crippen LogP) is 6.45. The van der Waals surface area contributed by atoms with Crippen LogP contribution < -0.4 is 0 Å². The SMILES string of the molecule is CCn1c(C)cc(/C=C2\SC(=Nc3ccccc3)N(CCc3c[nH]c4ccccc34)C2=O)c1C. The number of carbonyl (C=O) groups is 1. The molecular formula is C28H28N4OS. The number of aliphatic imine (C=N–C) groups is 1. The van der Waals surface area contributed by atoms with Crippen molar-refractivity contribution >= 4 is 45.5 Å². The molecule has 4 aromatic rings. The second-order valence-corrected chi connectivity index (χ2v) is 9.49. The highest BCUT2D eigenvalue weighted by molar-refractivity contribution is 8.18. The number of nitrogens with zero attached hydrogens (tertiary/aromatic N) is 3. The molecule has 1 saturated heterocycles. The van der Waals surface area contributed by atoms with E-state index in [0.717, 1.165) is 34.9 Å². The molecule has 2 aromatic carbocycles. The van der Waals surface area contributed by atoms with Crippen molar-refractivity contribution in [1.82, 2.24) is 14.5 Å². The third-order valence-corrected chi connectivity index (χ3v) is 7.37. The van der Waals surface area contributed by atoms with Crippen LogP contribution in [0.2, 0.25) is 0 Å². The maximum Gasteiger partial charge on any atom is 0.266 e. The van der Waals surface area contributed by atoms with E-state index in [4.69, 9.17) is 4.99 Å². The Kier molecular flexibility index (Phi) is 6.16. The summed E-state index contributed by atoms with van der Waals surface area (Å²) in [6, 6.07) is 20.3. The van der Waals surface area contributed by atoms with Gasteiger partial charge in [-0.2, -0.15) is 0 Å². The number of fused-ring (bicyclic) bond motifs is 1. The van der Waals surface area contributed by atoms with Gasteiger partial charge in [-0.25, -0.2) is 4.99 Å². The molecule has 5 nitrogen and oxygen atoms in total. The van der Waals surface area contributed by atoms with E-state index in [1.807, 2.05) is 59.6 Å². The summed E-state index contributed by atoms with van der Waals surface area (Å²) in [5.41, 5.74) is 6.64. The van der Waals surface area contributed by atoms with Crippen molar-refractivity contribution in [3.63, 3.8) is 0 Å². The van der Waals surface area contributed by atoms with Crippen LogP contribution in [0.5, 0.6) is 0 Å². The molecule has 1 aliphatic rings. The Bertz CT molecular complexity index is 1410. The lowest BCUT2D eigenvalue weighted by Crippen LogP contribution is -2.31. The number of nitrogens with one attached hydrogen (secondary N) is 1. The van der Waals surface area contributed by atoms with Gasteiger partial charge in [0, 0.05) is 41.6 Å². The number of carbonyl (C=O) groups excluding carboxylic acids is 1. The van der Waals surface area contributed by atoms with Gasteiger partial charge in [0.1, 0.15) is 0 Å². The zero-order chi connectivity index (χ0) is 23.7. The molecular weight excluding hydrogens is 440 g/mol. The minimum Gasteiger partial charge on any atom is -0.361 e. The number of hydrogen-bond acceptors (Lipinski definition) is 3. The van der Waals surface area contributed by atoms with Crippen molar-refractivity contribution in [2.24, 2.45) is 4.99 Å². The smallest absolute Gasteiger partial charge is 0.266 e. The van der Waals surface area contributed by atoms with Gasteiger partial charge in [0.15, 0.2) is 5.17 Å². The van der Waals surface area contributed by atoms with E-state index in [2.05, 4.69) is 48.5 Å². The molecule has 3 heterocycles. The molecule has 0 atom stereocenters. The van der Waals surface area contributed by atoms with Crippen molar-refractivity contribution in [3.05, 3.63) is 94.3 Å². The predicted molar refractivity (Wildman–Crippen MR) is 142 cm³/mol. The van der Waals surface area contributed by atoms with Crippen molar-refractivity contribution in [3.8, 4) is 0 Å². The number of aromatic amines is 1. The van der Waals surface area contributed by atoms with Crippen LogP contribution in [0.3, 0.4) is 0 Å². The van der Waals surface area contributed by atoms with Crippen LogP contribution in [0.25, 0.3) is 17.0 Å². The number of hydrogen-bond donors (Lipinski definition) is 1. The van der Waals surface area contributed by atoms with Gasteiger partial charge in [-0.15, -0.1) is 0 Å².